The van der Waals surface area contributed by atoms with Gasteiger partial charge in [0, 0.05) is 6.92 Å². The Balaban J connectivity index is 2.92. The number of methoxy groups -OCH3 is 1. The van der Waals surface area contributed by atoms with Crippen LogP contribution in [0.2, 0.25) is 10.0 Å². The second-order valence-electron chi connectivity index (χ2n) is 3.76. The highest BCUT2D eigenvalue weighted by molar-refractivity contribution is 6.38. The van der Waals surface area contributed by atoms with Gasteiger partial charge in [0.1, 0.15) is 0 Å². The number of carbonyl (C=O) groups is 3. The van der Waals surface area contributed by atoms with Crippen molar-refractivity contribution < 1.29 is 19.1 Å². The summed E-state index contributed by atoms with van der Waals surface area (Å²) in [5, 5.41) is 5.07. The Morgan fingerprint density at radius 3 is 2.40 bits per heavy atom. The molecule has 6 nitrogen and oxygen atoms in total. The minimum absolute atomic E-state index is 0.0772. The van der Waals surface area contributed by atoms with E-state index in [1.807, 2.05) is 0 Å². The standard InChI is InChI=1S/C12H12Cl2N2O4/c1-6(17)15-5-11(18)16-10-3-7(12(19)20-2)8(13)4-9(10)14/h3-4H,5H2,1-2H3,(H,15,17)(H,16,18). The first-order valence-electron chi connectivity index (χ1n) is 5.46. The van der Waals surface area contributed by atoms with E-state index >= 15 is 0 Å². The summed E-state index contributed by atoms with van der Waals surface area (Å²) in [6.07, 6.45) is 0. The van der Waals surface area contributed by atoms with Gasteiger partial charge in [-0.05, 0) is 12.1 Å². The van der Waals surface area contributed by atoms with Crippen molar-refractivity contribution in [3.8, 4) is 0 Å². The number of halogens is 2. The van der Waals surface area contributed by atoms with E-state index in [2.05, 4.69) is 15.4 Å². The van der Waals surface area contributed by atoms with E-state index in [4.69, 9.17) is 23.2 Å². The van der Waals surface area contributed by atoms with Crippen LogP contribution in [0.15, 0.2) is 12.1 Å². The molecule has 108 valence electrons. The molecule has 0 heterocycles. The van der Waals surface area contributed by atoms with Crippen molar-refractivity contribution in [2.24, 2.45) is 0 Å². The molecule has 0 aromatic heterocycles. The molecule has 0 aliphatic rings. The third kappa shape index (κ3) is 4.40. The first kappa shape index (κ1) is 16.3. The number of benzene rings is 1. The fourth-order valence-corrected chi connectivity index (χ4v) is 1.82. The molecule has 0 bridgehead atoms. The van der Waals surface area contributed by atoms with Crippen molar-refractivity contribution >= 4 is 46.7 Å². The van der Waals surface area contributed by atoms with Crippen LogP contribution in [0.4, 0.5) is 5.69 Å². The summed E-state index contributed by atoms with van der Waals surface area (Å²) in [7, 11) is 1.21. The molecule has 0 aliphatic heterocycles. The molecule has 1 aromatic rings. The van der Waals surface area contributed by atoms with Gasteiger partial charge in [0.25, 0.3) is 0 Å². The quantitative estimate of drug-likeness (QED) is 0.830. The first-order chi connectivity index (χ1) is 9.35. The first-order valence-corrected chi connectivity index (χ1v) is 6.22. The topological polar surface area (TPSA) is 84.5 Å². The molecule has 0 saturated carbocycles. The van der Waals surface area contributed by atoms with Gasteiger partial charge in [-0.3, -0.25) is 9.59 Å². The van der Waals surface area contributed by atoms with Gasteiger partial charge in [0.2, 0.25) is 11.8 Å². The summed E-state index contributed by atoms with van der Waals surface area (Å²) in [6, 6.07) is 2.63. The molecule has 1 aromatic carbocycles. The molecule has 1 rings (SSSR count). The Kier molecular flexibility index (Phi) is 5.79. The molecular weight excluding hydrogens is 307 g/mol. The monoisotopic (exact) mass is 318 g/mol. The normalized spacial score (nSPS) is 9.80. The fraction of sp³-hybridized carbons (Fsp3) is 0.250. The average Bonchev–Trinajstić information content (AvgIpc) is 2.38. The predicted octanol–water partition coefficient (Wildman–Crippen LogP) is 1.85. The van der Waals surface area contributed by atoms with Crippen LogP contribution in [0, 0.1) is 0 Å². The third-order valence-electron chi connectivity index (χ3n) is 2.23. The maximum Gasteiger partial charge on any atom is 0.339 e. The van der Waals surface area contributed by atoms with E-state index in [0.717, 1.165) is 0 Å². The number of amides is 2. The molecule has 20 heavy (non-hydrogen) atoms. The SMILES string of the molecule is COC(=O)c1cc(NC(=O)CNC(C)=O)c(Cl)cc1Cl. The maximum absolute atomic E-state index is 11.6. The van der Waals surface area contributed by atoms with Gasteiger partial charge < -0.3 is 15.4 Å². The van der Waals surface area contributed by atoms with Crippen LogP contribution in [0.5, 0.6) is 0 Å². The molecular formula is C12H12Cl2N2O4. The summed E-state index contributed by atoms with van der Waals surface area (Å²) in [5.74, 6) is -1.47. The number of nitrogens with one attached hydrogen (secondary N) is 2. The Bertz CT molecular complexity index is 561. The molecule has 0 saturated heterocycles. The Labute approximate surface area is 125 Å². The van der Waals surface area contributed by atoms with E-state index in [1.165, 1.54) is 26.2 Å². The van der Waals surface area contributed by atoms with E-state index < -0.39 is 11.9 Å². The zero-order chi connectivity index (χ0) is 15.3. The summed E-state index contributed by atoms with van der Waals surface area (Å²) in [5.41, 5.74) is 0.278. The molecule has 0 unspecified atom stereocenters. The van der Waals surface area contributed by atoms with Crippen LogP contribution in [-0.2, 0) is 14.3 Å². The summed E-state index contributed by atoms with van der Waals surface area (Å²) < 4.78 is 4.56. The van der Waals surface area contributed by atoms with Gasteiger partial charge in [-0.15, -0.1) is 0 Å². The van der Waals surface area contributed by atoms with Gasteiger partial charge in [-0.1, -0.05) is 23.2 Å². The van der Waals surface area contributed by atoms with E-state index in [1.54, 1.807) is 0 Å². The molecule has 0 aliphatic carbocycles. The van der Waals surface area contributed by atoms with Crippen LogP contribution >= 0.6 is 23.2 Å². The van der Waals surface area contributed by atoms with Gasteiger partial charge in [0.15, 0.2) is 0 Å². The Hall–Kier alpha value is -1.79. The molecule has 2 amide bonds. The number of hydrogen-bond donors (Lipinski definition) is 2. The number of ether oxygens (including phenoxy) is 1. The Morgan fingerprint density at radius 2 is 1.85 bits per heavy atom. The molecule has 2 N–H and O–H groups in total. The van der Waals surface area contributed by atoms with Crippen molar-refractivity contribution in [2.75, 3.05) is 19.0 Å². The number of anilines is 1. The van der Waals surface area contributed by atoms with Crippen LogP contribution < -0.4 is 10.6 Å². The van der Waals surface area contributed by atoms with E-state index in [9.17, 15) is 14.4 Å². The number of carbonyl (C=O) groups excluding carboxylic acids is 3. The zero-order valence-electron chi connectivity index (χ0n) is 10.8. The summed E-state index contributed by atoms with van der Waals surface area (Å²) >= 11 is 11.8. The van der Waals surface area contributed by atoms with Crippen LogP contribution in [0.25, 0.3) is 0 Å². The molecule has 0 atom stereocenters. The van der Waals surface area contributed by atoms with Gasteiger partial charge in [-0.2, -0.15) is 0 Å². The largest absolute Gasteiger partial charge is 0.465 e. The van der Waals surface area contributed by atoms with Crippen LogP contribution in [0.1, 0.15) is 17.3 Å². The molecule has 0 fully saturated rings. The van der Waals surface area contributed by atoms with Crippen molar-refractivity contribution in [3.05, 3.63) is 27.7 Å². The van der Waals surface area contributed by atoms with Crippen molar-refractivity contribution in [1.29, 1.82) is 0 Å². The lowest BCUT2D eigenvalue weighted by Crippen LogP contribution is -2.31. The maximum atomic E-state index is 11.6. The lowest BCUT2D eigenvalue weighted by Gasteiger charge is -2.10. The second kappa shape index (κ2) is 7.12. The zero-order valence-corrected chi connectivity index (χ0v) is 12.3. The third-order valence-corrected chi connectivity index (χ3v) is 2.86. The van der Waals surface area contributed by atoms with Gasteiger partial charge in [-0.25, -0.2) is 4.79 Å². The second-order valence-corrected chi connectivity index (χ2v) is 4.58. The minimum atomic E-state index is -0.649. The molecule has 0 radical (unpaired) electrons. The highest BCUT2D eigenvalue weighted by Crippen LogP contribution is 2.29. The van der Waals surface area contributed by atoms with Crippen molar-refractivity contribution in [2.45, 2.75) is 6.92 Å². The fourth-order valence-electron chi connectivity index (χ4n) is 1.31. The lowest BCUT2D eigenvalue weighted by atomic mass is 10.2. The number of esters is 1. The highest BCUT2D eigenvalue weighted by atomic mass is 35.5. The minimum Gasteiger partial charge on any atom is -0.465 e. The van der Waals surface area contributed by atoms with Crippen LogP contribution in [-0.4, -0.2) is 31.4 Å². The number of hydrogen-bond acceptors (Lipinski definition) is 4. The average molecular weight is 319 g/mol. The number of rotatable bonds is 4. The highest BCUT2D eigenvalue weighted by Gasteiger charge is 2.15. The Morgan fingerprint density at radius 1 is 1.20 bits per heavy atom. The smallest absolute Gasteiger partial charge is 0.339 e. The van der Waals surface area contributed by atoms with Gasteiger partial charge in [0.05, 0.1) is 35.0 Å². The van der Waals surface area contributed by atoms with Gasteiger partial charge >= 0.3 is 5.97 Å². The van der Waals surface area contributed by atoms with Crippen LogP contribution in [0.3, 0.4) is 0 Å². The van der Waals surface area contributed by atoms with E-state index in [-0.39, 0.29) is 33.7 Å². The molecule has 8 heteroatoms. The van der Waals surface area contributed by atoms with Crippen molar-refractivity contribution in [1.82, 2.24) is 5.32 Å². The predicted molar refractivity (Wildman–Crippen MR) is 75.1 cm³/mol. The molecule has 0 spiro atoms. The summed E-state index contributed by atoms with van der Waals surface area (Å²) in [6.45, 7) is 1.08. The van der Waals surface area contributed by atoms with E-state index in [0.29, 0.717) is 0 Å². The lowest BCUT2D eigenvalue weighted by molar-refractivity contribution is -0.122. The van der Waals surface area contributed by atoms with Crippen molar-refractivity contribution in [3.63, 3.8) is 0 Å². The summed E-state index contributed by atoms with van der Waals surface area (Å²) in [4.78, 5) is 33.7.